The van der Waals surface area contributed by atoms with Crippen LogP contribution in [-0.4, -0.2) is 38.6 Å². The van der Waals surface area contributed by atoms with Crippen molar-refractivity contribution in [3.05, 3.63) is 0 Å². The Morgan fingerprint density at radius 3 is 1.69 bits per heavy atom. The molecule has 5 nitrogen and oxygen atoms in total. The summed E-state index contributed by atoms with van der Waals surface area (Å²) in [5.41, 5.74) is 0. The van der Waals surface area contributed by atoms with Crippen LogP contribution < -0.4 is 0 Å². The lowest BCUT2D eigenvalue weighted by atomic mass is 10.1. The van der Waals surface area contributed by atoms with Gasteiger partial charge >= 0.3 is 19.7 Å². The molecule has 0 aliphatic carbocycles. The zero-order valence-electron chi connectivity index (χ0n) is 9.12. The number of carbonyl (C=O) groups is 1. The van der Waals surface area contributed by atoms with Gasteiger partial charge in [-0.15, -0.1) is 0 Å². The molecule has 1 unspecified atom stereocenters. The van der Waals surface area contributed by atoms with Crippen molar-refractivity contribution in [1.82, 2.24) is 0 Å². The predicted octanol–water partition coefficient (Wildman–Crippen LogP) is 1.97. The van der Waals surface area contributed by atoms with Gasteiger partial charge in [-0.3, -0.25) is 9.36 Å². The summed E-state index contributed by atoms with van der Waals surface area (Å²) in [6.45, 7) is 0.409. The number of hydrogen-bond donors (Lipinski definition) is 0. The summed E-state index contributed by atoms with van der Waals surface area (Å²) in [5, 5.41) is -3.35. The Morgan fingerprint density at radius 1 is 1.12 bits per heavy atom. The fourth-order valence-electron chi connectivity index (χ4n) is 1.02. The van der Waals surface area contributed by atoms with E-state index >= 15 is 0 Å². The third kappa shape index (κ3) is 2.09. The summed E-state index contributed by atoms with van der Waals surface area (Å²) in [5.74, 6) is -1.73. The normalized spacial score (nSPS) is 16.7. The van der Waals surface area contributed by atoms with Gasteiger partial charge < -0.3 is 13.8 Å². The first-order valence-electron chi connectivity index (χ1n) is 3.97. The van der Waals surface area contributed by atoms with E-state index in [2.05, 4.69) is 13.8 Å². The average molecular weight is 264 g/mol. The fourth-order valence-corrected chi connectivity index (χ4v) is 2.53. The number of halogens is 3. The number of rotatable bonds is 4. The second kappa shape index (κ2) is 4.73. The van der Waals surface area contributed by atoms with Crippen LogP contribution >= 0.6 is 7.60 Å². The Bertz CT molecular complexity index is 308. The second-order valence-corrected chi connectivity index (χ2v) is 5.54. The van der Waals surface area contributed by atoms with E-state index in [9.17, 15) is 22.5 Å². The zero-order valence-corrected chi connectivity index (χ0v) is 10.0. The van der Waals surface area contributed by atoms with Crippen molar-refractivity contribution < 1.29 is 36.3 Å². The molecule has 0 heterocycles. The molecule has 96 valence electrons. The van der Waals surface area contributed by atoms with Gasteiger partial charge in [0.05, 0.1) is 7.11 Å². The van der Waals surface area contributed by atoms with Crippen molar-refractivity contribution in [3.8, 4) is 0 Å². The number of hydrogen-bond acceptors (Lipinski definition) is 5. The number of alkyl halides is 3. The maximum atomic E-state index is 12.8. The van der Waals surface area contributed by atoms with Gasteiger partial charge in [-0.05, 0) is 6.92 Å². The lowest BCUT2D eigenvalue weighted by Gasteiger charge is -2.33. The first kappa shape index (κ1) is 15.4. The van der Waals surface area contributed by atoms with E-state index in [1.807, 2.05) is 0 Å². The monoisotopic (exact) mass is 264 g/mol. The Kier molecular flexibility index (Phi) is 4.55. The highest BCUT2D eigenvalue weighted by atomic mass is 31.2. The molecule has 0 amide bonds. The van der Waals surface area contributed by atoms with Crippen LogP contribution in [0, 0.1) is 0 Å². The average Bonchev–Trinajstić information content (AvgIpc) is 2.23. The van der Waals surface area contributed by atoms with Crippen LogP contribution in [0.5, 0.6) is 0 Å². The lowest BCUT2D eigenvalue weighted by molar-refractivity contribution is -0.187. The molecule has 0 saturated carbocycles. The Labute approximate surface area is 90.4 Å². The molecule has 1 atom stereocenters. The highest BCUT2D eigenvalue weighted by molar-refractivity contribution is 7.56. The number of methoxy groups -OCH3 is 1. The van der Waals surface area contributed by atoms with Crippen molar-refractivity contribution in [2.24, 2.45) is 0 Å². The highest BCUT2D eigenvalue weighted by Crippen LogP contribution is 2.65. The molecule has 0 aromatic carbocycles. The van der Waals surface area contributed by atoms with Crippen molar-refractivity contribution in [3.63, 3.8) is 0 Å². The van der Waals surface area contributed by atoms with Crippen molar-refractivity contribution >= 4 is 13.6 Å². The third-order valence-corrected chi connectivity index (χ3v) is 4.66. The van der Waals surface area contributed by atoms with Crippen molar-refractivity contribution in [2.45, 2.75) is 18.3 Å². The first-order valence-corrected chi connectivity index (χ1v) is 5.51. The maximum Gasteiger partial charge on any atom is 0.416 e. The van der Waals surface area contributed by atoms with Gasteiger partial charge in [-0.1, -0.05) is 0 Å². The molecule has 0 fully saturated rings. The third-order valence-electron chi connectivity index (χ3n) is 2.16. The van der Waals surface area contributed by atoms with Gasteiger partial charge in [0.15, 0.2) is 0 Å². The van der Waals surface area contributed by atoms with E-state index in [1.165, 1.54) is 0 Å². The van der Waals surface area contributed by atoms with Gasteiger partial charge in [0.1, 0.15) is 0 Å². The van der Waals surface area contributed by atoms with Crippen LogP contribution in [0.15, 0.2) is 0 Å². The zero-order chi connectivity index (χ0) is 13.2. The smallest absolute Gasteiger partial charge is 0.416 e. The Morgan fingerprint density at radius 2 is 1.50 bits per heavy atom. The molecule has 0 rings (SSSR count). The molecule has 0 aliphatic heterocycles. The van der Waals surface area contributed by atoms with Crippen molar-refractivity contribution in [1.29, 1.82) is 0 Å². The van der Waals surface area contributed by atoms with Crippen LogP contribution in [-0.2, 0) is 23.1 Å². The lowest BCUT2D eigenvalue weighted by Crippen LogP contribution is -2.50. The molecule has 0 aromatic rings. The number of ether oxygens (including phenoxy) is 1. The maximum absolute atomic E-state index is 12.8. The van der Waals surface area contributed by atoms with E-state index in [4.69, 9.17) is 0 Å². The van der Waals surface area contributed by atoms with Gasteiger partial charge in [0, 0.05) is 14.2 Å². The quantitative estimate of drug-likeness (QED) is 0.573. The van der Waals surface area contributed by atoms with Gasteiger partial charge in [0.2, 0.25) is 0 Å². The fraction of sp³-hybridized carbons (Fsp3) is 0.857. The minimum absolute atomic E-state index is 0.409. The minimum Gasteiger partial charge on any atom is -0.468 e. The molecule has 0 bridgehead atoms. The largest absolute Gasteiger partial charge is 0.468 e. The van der Waals surface area contributed by atoms with Crippen LogP contribution in [0.25, 0.3) is 0 Å². The molecular formula is C7H12F3O5P. The SMILES string of the molecule is COC(=O)C(C)(C(F)(F)F)P(=O)(OC)OC. The molecular weight excluding hydrogens is 252 g/mol. The molecule has 16 heavy (non-hydrogen) atoms. The summed E-state index contributed by atoms with van der Waals surface area (Å²) in [4.78, 5) is 11.2. The number of esters is 1. The molecule has 9 heteroatoms. The molecule has 0 saturated heterocycles. The standard InChI is InChI=1S/C7H12F3O5P/c1-6(5(11)13-2,7(8,9)10)16(12,14-3)15-4/h1-4H3. The Hall–Kier alpha value is -0.590. The van der Waals surface area contributed by atoms with Crippen LogP contribution in [0.3, 0.4) is 0 Å². The summed E-state index contributed by atoms with van der Waals surface area (Å²) in [6, 6.07) is 0. The van der Waals surface area contributed by atoms with E-state index in [1.54, 1.807) is 0 Å². The first-order chi connectivity index (χ1) is 7.10. The summed E-state index contributed by atoms with van der Waals surface area (Å²) < 4.78 is 62.5. The van der Waals surface area contributed by atoms with E-state index < -0.39 is 24.9 Å². The summed E-state index contributed by atoms with van der Waals surface area (Å²) >= 11 is 0. The molecule has 0 aliphatic rings. The van der Waals surface area contributed by atoms with Crippen LogP contribution in [0.1, 0.15) is 6.92 Å². The minimum atomic E-state index is -5.12. The molecule has 0 N–H and O–H groups in total. The van der Waals surface area contributed by atoms with Gasteiger partial charge in [-0.25, -0.2) is 0 Å². The predicted molar refractivity (Wildman–Crippen MR) is 48.1 cm³/mol. The topological polar surface area (TPSA) is 61.8 Å². The van der Waals surface area contributed by atoms with Gasteiger partial charge in [-0.2, -0.15) is 13.2 Å². The van der Waals surface area contributed by atoms with E-state index in [-0.39, 0.29) is 0 Å². The van der Waals surface area contributed by atoms with Crippen LogP contribution in [0.4, 0.5) is 13.2 Å². The van der Waals surface area contributed by atoms with Crippen molar-refractivity contribution in [2.75, 3.05) is 21.3 Å². The molecule has 0 spiro atoms. The molecule has 0 radical (unpaired) electrons. The van der Waals surface area contributed by atoms with Gasteiger partial charge in [0.25, 0.3) is 5.16 Å². The summed E-state index contributed by atoms with van der Waals surface area (Å²) in [7, 11) is -2.42. The van der Waals surface area contributed by atoms with E-state index in [0.29, 0.717) is 6.92 Å². The molecule has 0 aromatic heterocycles. The summed E-state index contributed by atoms with van der Waals surface area (Å²) in [6.07, 6.45) is -5.12. The van der Waals surface area contributed by atoms with E-state index in [0.717, 1.165) is 21.3 Å². The highest BCUT2D eigenvalue weighted by Gasteiger charge is 2.70. The number of carbonyl (C=O) groups excluding carboxylic acids is 1. The van der Waals surface area contributed by atoms with Crippen LogP contribution in [0.2, 0.25) is 0 Å². The second-order valence-electron chi connectivity index (χ2n) is 2.92. The Balaban J connectivity index is 5.78.